The van der Waals surface area contributed by atoms with Crippen LogP contribution in [-0.2, 0) is 0 Å². The van der Waals surface area contributed by atoms with Crippen molar-refractivity contribution in [1.29, 1.82) is 0 Å². The molecule has 6 aromatic carbocycles. The van der Waals surface area contributed by atoms with E-state index in [4.69, 9.17) is 14.4 Å². The van der Waals surface area contributed by atoms with Gasteiger partial charge in [0.05, 0.1) is 17.0 Å². The fourth-order valence-electron chi connectivity index (χ4n) is 7.09. The smallest absolute Gasteiger partial charge is 0.164 e. The summed E-state index contributed by atoms with van der Waals surface area (Å²) in [6.07, 6.45) is 3.68. The lowest BCUT2D eigenvalue weighted by Gasteiger charge is -2.12. The van der Waals surface area contributed by atoms with Crippen LogP contribution in [0.15, 0.2) is 168 Å². The summed E-state index contributed by atoms with van der Waals surface area (Å²) in [6, 6.07) is 52.8. The zero-order chi connectivity index (χ0) is 33.0. The number of hydrogen-bond acceptors (Lipinski definition) is 5. The minimum atomic E-state index is 0.614. The largest absolute Gasteiger partial charge is 0.455 e. The Balaban J connectivity index is 1.23. The molecule has 4 nitrogen and oxygen atoms in total. The Morgan fingerprint density at radius 1 is 0.460 bits per heavy atom. The van der Waals surface area contributed by atoms with Crippen LogP contribution in [0, 0.1) is 0 Å². The van der Waals surface area contributed by atoms with E-state index in [-0.39, 0.29) is 0 Å². The second-order valence-electron chi connectivity index (χ2n) is 12.4. The van der Waals surface area contributed by atoms with E-state index in [0.717, 1.165) is 66.7 Å². The topological polar surface area (TPSA) is 51.8 Å². The van der Waals surface area contributed by atoms with Gasteiger partial charge in [0.1, 0.15) is 11.2 Å². The van der Waals surface area contributed by atoms with E-state index in [9.17, 15) is 0 Å². The van der Waals surface area contributed by atoms with E-state index in [2.05, 4.69) is 120 Å². The first-order chi connectivity index (χ1) is 24.8. The maximum atomic E-state index is 6.76. The normalized spacial score (nSPS) is 11.6. The molecular formula is C45H27N3OS. The Kier molecular flexibility index (Phi) is 6.64. The van der Waals surface area contributed by atoms with Gasteiger partial charge in [-0.2, -0.15) is 0 Å². The fourth-order valence-corrected chi connectivity index (χ4v) is 8.22. The number of hydrogen-bond donors (Lipinski definition) is 0. The second-order valence-corrected chi connectivity index (χ2v) is 13.5. The first-order valence-corrected chi connectivity index (χ1v) is 17.4. The Labute approximate surface area is 292 Å². The molecule has 0 amide bonds. The molecule has 0 N–H and O–H groups in total. The number of nitrogens with zero attached hydrogens (tertiary/aromatic N) is 3. The Morgan fingerprint density at radius 2 is 1.14 bits per heavy atom. The number of para-hydroxylation sites is 1. The summed E-state index contributed by atoms with van der Waals surface area (Å²) in [5.74, 6) is 0.614. The van der Waals surface area contributed by atoms with E-state index in [1.54, 1.807) is 6.20 Å². The molecule has 10 rings (SSSR count). The maximum absolute atomic E-state index is 6.76. The zero-order valence-corrected chi connectivity index (χ0v) is 27.6. The van der Waals surface area contributed by atoms with Gasteiger partial charge >= 0.3 is 0 Å². The van der Waals surface area contributed by atoms with E-state index < -0.39 is 0 Å². The summed E-state index contributed by atoms with van der Waals surface area (Å²) in [7, 11) is 0. The van der Waals surface area contributed by atoms with Crippen LogP contribution in [0.4, 0.5) is 0 Å². The van der Waals surface area contributed by atoms with Crippen molar-refractivity contribution in [3.05, 3.63) is 164 Å². The highest BCUT2D eigenvalue weighted by Gasteiger charge is 2.22. The number of thiophene rings is 1. The van der Waals surface area contributed by atoms with Gasteiger partial charge in [-0.25, -0.2) is 9.97 Å². The average Bonchev–Trinajstić information content (AvgIpc) is 3.77. The molecule has 4 aromatic heterocycles. The van der Waals surface area contributed by atoms with Crippen LogP contribution in [0.5, 0.6) is 0 Å². The van der Waals surface area contributed by atoms with Crippen molar-refractivity contribution in [2.45, 2.75) is 0 Å². The third kappa shape index (κ3) is 4.71. The highest BCUT2D eigenvalue weighted by molar-refractivity contribution is 7.25. The van der Waals surface area contributed by atoms with Crippen LogP contribution in [-0.4, -0.2) is 15.0 Å². The summed E-state index contributed by atoms with van der Waals surface area (Å²) in [6.45, 7) is 0. The predicted molar refractivity (Wildman–Crippen MR) is 207 cm³/mol. The number of rotatable bonds is 5. The van der Waals surface area contributed by atoms with Crippen LogP contribution in [0.25, 0.3) is 98.3 Å². The van der Waals surface area contributed by atoms with Crippen molar-refractivity contribution >= 4 is 53.4 Å². The molecule has 0 atom stereocenters. The molecule has 0 saturated heterocycles. The highest BCUT2D eigenvalue weighted by Crippen LogP contribution is 2.46. The van der Waals surface area contributed by atoms with Gasteiger partial charge in [0.25, 0.3) is 0 Å². The van der Waals surface area contributed by atoms with Crippen LogP contribution >= 0.6 is 11.3 Å². The molecular weight excluding hydrogens is 631 g/mol. The van der Waals surface area contributed by atoms with Gasteiger partial charge in [0.15, 0.2) is 5.82 Å². The molecule has 0 unspecified atom stereocenters. The van der Waals surface area contributed by atoms with E-state index in [0.29, 0.717) is 5.82 Å². The number of pyridine rings is 1. The number of benzene rings is 6. The van der Waals surface area contributed by atoms with Gasteiger partial charge in [-0.3, -0.25) is 4.98 Å². The molecule has 0 aliphatic heterocycles. The molecule has 0 fully saturated rings. The molecule has 10 aromatic rings. The molecule has 0 aliphatic rings. The van der Waals surface area contributed by atoms with Crippen LogP contribution in [0.3, 0.4) is 0 Å². The fraction of sp³-hybridized carbons (Fsp3) is 0. The molecule has 50 heavy (non-hydrogen) atoms. The molecule has 234 valence electrons. The SMILES string of the molecule is c1ccc(-c2cc(-c3cccc(-c4cccnc4)c3)nc(-c3ccc(-c4cccc5sc6ccccc6c45)c4c3oc3ccccc34)n2)cc1. The number of furan rings is 1. The Hall–Kier alpha value is -6.43. The summed E-state index contributed by atoms with van der Waals surface area (Å²) < 4.78 is 9.32. The minimum absolute atomic E-state index is 0.614. The highest BCUT2D eigenvalue weighted by atomic mass is 32.1. The third-order valence-electron chi connectivity index (χ3n) is 9.41. The first-order valence-electron chi connectivity index (χ1n) is 16.6. The lowest BCUT2D eigenvalue weighted by atomic mass is 9.93. The van der Waals surface area contributed by atoms with Gasteiger partial charge < -0.3 is 4.42 Å². The summed E-state index contributed by atoms with van der Waals surface area (Å²) in [5.41, 5.74) is 10.6. The van der Waals surface area contributed by atoms with Gasteiger partial charge in [0.2, 0.25) is 0 Å². The monoisotopic (exact) mass is 657 g/mol. The maximum Gasteiger partial charge on any atom is 0.164 e. The van der Waals surface area contributed by atoms with E-state index in [1.807, 2.05) is 53.9 Å². The molecule has 0 radical (unpaired) electrons. The van der Waals surface area contributed by atoms with Crippen molar-refractivity contribution in [2.75, 3.05) is 0 Å². The van der Waals surface area contributed by atoms with Crippen molar-refractivity contribution in [3.63, 3.8) is 0 Å². The zero-order valence-electron chi connectivity index (χ0n) is 26.7. The molecule has 0 saturated carbocycles. The van der Waals surface area contributed by atoms with Gasteiger partial charge in [-0.15, -0.1) is 11.3 Å². The molecule has 5 heteroatoms. The van der Waals surface area contributed by atoms with Crippen LogP contribution < -0.4 is 0 Å². The second kappa shape index (κ2) is 11.6. The van der Waals surface area contributed by atoms with Crippen molar-refractivity contribution in [1.82, 2.24) is 15.0 Å². The lowest BCUT2D eigenvalue weighted by Crippen LogP contribution is -1.97. The van der Waals surface area contributed by atoms with Gasteiger partial charge in [0, 0.05) is 60.0 Å². The molecule has 0 spiro atoms. The standard InChI is InChI=1S/C45H27N3OS/c1-2-11-28(12-3-1)37-26-38(30-14-8-13-29(25-30)31-15-10-24-46-27-31)48-45(47-37)36-23-22-33(43-34-16-4-6-19-39(34)49-44(36)43)32-18-9-21-41-42(32)35-17-5-7-20-40(35)50-41/h1-27H. The Bertz CT molecular complexity index is 2870. The molecule has 4 heterocycles. The average molecular weight is 658 g/mol. The summed E-state index contributed by atoms with van der Waals surface area (Å²) in [4.78, 5) is 14.8. The van der Waals surface area contributed by atoms with Gasteiger partial charge in [-0.1, -0.05) is 109 Å². The number of aromatic nitrogens is 3. The van der Waals surface area contributed by atoms with Crippen molar-refractivity contribution < 1.29 is 4.42 Å². The molecule has 0 aliphatic carbocycles. The summed E-state index contributed by atoms with van der Waals surface area (Å²) >= 11 is 1.83. The number of fused-ring (bicyclic) bond motifs is 6. The third-order valence-corrected chi connectivity index (χ3v) is 10.5. The van der Waals surface area contributed by atoms with Crippen LogP contribution in [0.1, 0.15) is 0 Å². The van der Waals surface area contributed by atoms with Crippen molar-refractivity contribution in [3.8, 4) is 56.2 Å². The van der Waals surface area contributed by atoms with E-state index >= 15 is 0 Å². The van der Waals surface area contributed by atoms with Gasteiger partial charge in [-0.05, 0) is 59.2 Å². The van der Waals surface area contributed by atoms with Crippen LogP contribution in [0.2, 0.25) is 0 Å². The molecule has 0 bridgehead atoms. The quantitative estimate of drug-likeness (QED) is 0.185. The Morgan fingerprint density at radius 3 is 2.02 bits per heavy atom. The minimum Gasteiger partial charge on any atom is -0.455 e. The van der Waals surface area contributed by atoms with Crippen molar-refractivity contribution in [2.24, 2.45) is 0 Å². The summed E-state index contributed by atoms with van der Waals surface area (Å²) in [5, 5.41) is 4.67. The first kappa shape index (κ1) is 28.6. The van der Waals surface area contributed by atoms with E-state index in [1.165, 1.54) is 25.7 Å². The predicted octanol–water partition coefficient (Wildman–Crippen LogP) is 12.5. The lowest BCUT2D eigenvalue weighted by molar-refractivity contribution is 0.669.